The molecule has 0 saturated carbocycles. The van der Waals surface area contributed by atoms with Crippen molar-refractivity contribution in [1.29, 1.82) is 0 Å². The molecule has 142 valence electrons. The van der Waals surface area contributed by atoms with E-state index in [1.54, 1.807) is 49.6 Å². The Morgan fingerprint density at radius 1 is 1.07 bits per heavy atom. The fraction of sp³-hybridized carbons (Fsp3) is 0.211. The molecule has 0 aliphatic carbocycles. The summed E-state index contributed by atoms with van der Waals surface area (Å²) in [7, 11) is 1.58. The van der Waals surface area contributed by atoms with Gasteiger partial charge in [-0.3, -0.25) is 14.5 Å². The first kappa shape index (κ1) is 18.1. The number of rotatable bonds is 6. The van der Waals surface area contributed by atoms with Crippen LogP contribution in [-0.2, 0) is 13.0 Å². The number of benzene rings is 2. The number of imide groups is 1. The Morgan fingerprint density at radius 2 is 1.79 bits per heavy atom. The van der Waals surface area contributed by atoms with Crippen LogP contribution in [0.1, 0.15) is 32.1 Å². The largest absolute Gasteiger partial charge is 0.496 e. The van der Waals surface area contributed by atoms with Gasteiger partial charge in [-0.15, -0.1) is 10.2 Å². The molecule has 3 aromatic rings. The van der Waals surface area contributed by atoms with E-state index in [-0.39, 0.29) is 18.4 Å². The van der Waals surface area contributed by atoms with E-state index in [1.165, 1.54) is 9.70 Å². The highest BCUT2D eigenvalue weighted by molar-refractivity contribution is 6.30. The van der Waals surface area contributed by atoms with E-state index in [2.05, 4.69) is 15.4 Å². The van der Waals surface area contributed by atoms with Crippen molar-refractivity contribution >= 4 is 23.4 Å². The summed E-state index contributed by atoms with van der Waals surface area (Å²) in [4.78, 5) is 27.4. The smallest absolute Gasteiger partial charge is 0.261 e. The van der Waals surface area contributed by atoms with E-state index < -0.39 is 0 Å². The van der Waals surface area contributed by atoms with Crippen molar-refractivity contribution in [3.8, 4) is 5.75 Å². The van der Waals surface area contributed by atoms with E-state index in [1.807, 2.05) is 0 Å². The van der Waals surface area contributed by atoms with Crippen molar-refractivity contribution in [3.05, 3.63) is 70.0 Å². The third kappa shape index (κ3) is 3.34. The first-order valence-corrected chi connectivity index (χ1v) is 8.99. The average molecular weight is 398 g/mol. The zero-order valence-electron chi connectivity index (χ0n) is 15.0. The molecule has 0 radical (unpaired) electrons. The molecule has 0 bridgehead atoms. The summed E-state index contributed by atoms with van der Waals surface area (Å²) in [5.74, 6) is 0.528. The van der Waals surface area contributed by atoms with E-state index in [4.69, 9.17) is 16.3 Å². The summed E-state index contributed by atoms with van der Waals surface area (Å²) in [5, 5.41) is 12.9. The Bertz CT molecular complexity index is 1030. The van der Waals surface area contributed by atoms with Crippen LogP contribution in [0.25, 0.3) is 0 Å². The Hall–Kier alpha value is -3.26. The van der Waals surface area contributed by atoms with Gasteiger partial charge in [0.2, 0.25) is 0 Å². The quantitative estimate of drug-likeness (QED) is 0.592. The van der Waals surface area contributed by atoms with Gasteiger partial charge in [0.15, 0.2) is 5.82 Å². The molecule has 4 rings (SSSR count). The predicted octanol–water partition coefficient (Wildman–Crippen LogP) is 2.22. The molecule has 0 saturated heterocycles. The highest BCUT2D eigenvalue weighted by Crippen LogP contribution is 2.24. The van der Waals surface area contributed by atoms with Gasteiger partial charge < -0.3 is 4.74 Å². The molecule has 2 heterocycles. The summed E-state index contributed by atoms with van der Waals surface area (Å²) < 4.78 is 5.32. The second kappa shape index (κ2) is 7.40. The fourth-order valence-electron chi connectivity index (χ4n) is 3.12. The Kier molecular flexibility index (Phi) is 4.79. The van der Waals surface area contributed by atoms with Gasteiger partial charge in [0.05, 0.1) is 24.8 Å². The van der Waals surface area contributed by atoms with Gasteiger partial charge in [0.1, 0.15) is 5.75 Å². The van der Waals surface area contributed by atoms with Gasteiger partial charge in [-0.2, -0.15) is 4.80 Å². The summed E-state index contributed by atoms with van der Waals surface area (Å²) in [6.07, 6.45) is 0.318. The van der Waals surface area contributed by atoms with Gasteiger partial charge in [0.25, 0.3) is 11.8 Å². The van der Waals surface area contributed by atoms with Crippen LogP contribution in [0.4, 0.5) is 0 Å². The number of tetrazole rings is 1. The molecular formula is C19H16ClN5O3. The van der Waals surface area contributed by atoms with Crippen LogP contribution >= 0.6 is 11.6 Å². The monoisotopic (exact) mass is 397 g/mol. The molecule has 28 heavy (non-hydrogen) atoms. The van der Waals surface area contributed by atoms with Crippen LogP contribution in [0.15, 0.2) is 42.5 Å². The van der Waals surface area contributed by atoms with Crippen molar-refractivity contribution in [2.45, 2.75) is 13.0 Å². The van der Waals surface area contributed by atoms with Crippen LogP contribution < -0.4 is 4.74 Å². The fourth-order valence-corrected chi connectivity index (χ4v) is 3.32. The molecule has 1 aromatic heterocycles. The third-order valence-electron chi connectivity index (χ3n) is 4.49. The second-order valence-corrected chi connectivity index (χ2v) is 6.69. The number of methoxy groups -OCH3 is 1. The molecule has 0 N–H and O–H groups in total. The Balaban J connectivity index is 1.43. The van der Waals surface area contributed by atoms with Crippen LogP contribution in [-0.4, -0.2) is 50.6 Å². The number of carbonyl (C=O) groups excluding carboxylic acids is 2. The highest BCUT2D eigenvalue weighted by Gasteiger charge is 2.34. The van der Waals surface area contributed by atoms with Crippen molar-refractivity contribution in [2.24, 2.45) is 0 Å². The Labute approximate surface area is 165 Å². The predicted molar refractivity (Wildman–Crippen MR) is 100 cm³/mol. The van der Waals surface area contributed by atoms with Crippen molar-refractivity contribution in [1.82, 2.24) is 25.1 Å². The lowest BCUT2D eigenvalue weighted by Gasteiger charge is -2.11. The molecule has 0 fully saturated rings. The van der Waals surface area contributed by atoms with Gasteiger partial charge in [0, 0.05) is 23.6 Å². The van der Waals surface area contributed by atoms with Gasteiger partial charge in [-0.05, 0) is 35.5 Å². The number of halogens is 1. The third-order valence-corrected chi connectivity index (χ3v) is 4.72. The molecular weight excluding hydrogens is 382 g/mol. The number of amides is 2. The highest BCUT2D eigenvalue weighted by atomic mass is 35.5. The normalized spacial score (nSPS) is 13.1. The van der Waals surface area contributed by atoms with Crippen LogP contribution in [0, 0.1) is 0 Å². The first-order chi connectivity index (χ1) is 13.6. The number of nitrogens with zero attached hydrogens (tertiary/aromatic N) is 5. The van der Waals surface area contributed by atoms with E-state index >= 15 is 0 Å². The maximum Gasteiger partial charge on any atom is 0.261 e. The summed E-state index contributed by atoms with van der Waals surface area (Å²) in [5.41, 5.74) is 1.67. The van der Waals surface area contributed by atoms with Crippen molar-refractivity contribution < 1.29 is 14.3 Å². The number of hydrogen-bond donors (Lipinski definition) is 0. The second-order valence-electron chi connectivity index (χ2n) is 6.25. The first-order valence-electron chi connectivity index (χ1n) is 8.61. The van der Waals surface area contributed by atoms with Crippen LogP contribution in [0.3, 0.4) is 0 Å². The minimum atomic E-state index is -0.295. The lowest BCUT2D eigenvalue weighted by atomic mass is 10.1. The molecule has 0 spiro atoms. The number of ether oxygens (including phenoxy) is 1. The maximum absolute atomic E-state index is 12.4. The van der Waals surface area contributed by atoms with Crippen molar-refractivity contribution in [3.63, 3.8) is 0 Å². The van der Waals surface area contributed by atoms with Crippen LogP contribution in [0.5, 0.6) is 5.75 Å². The number of carbonyl (C=O) groups is 2. The number of aromatic nitrogens is 4. The molecule has 8 nitrogen and oxygen atoms in total. The minimum Gasteiger partial charge on any atom is -0.496 e. The van der Waals surface area contributed by atoms with Gasteiger partial charge in [-0.25, -0.2) is 0 Å². The average Bonchev–Trinajstić information content (AvgIpc) is 3.24. The van der Waals surface area contributed by atoms with E-state index in [0.29, 0.717) is 40.7 Å². The summed E-state index contributed by atoms with van der Waals surface area (Å²) >= 11 is 6.04. The molecule has 2 amide bonds. The number of hydrogen-bond acceptors (Lipinski definition) is 6. The maximum atomic E-state index is 12.4. The minimum absolute atomic E-state index is 0.193. The molecule has 1 aliphatic rings. The van der Waals surface area contributed by atoms with Crippen LogP contribution in [0.2, 0.25) is 5.02 Å². The van der Waals surface area contributed by atoms with Gasteiger partial charge in [-0.1, -0.05) is 23.7 Å². The van der Waals surface area contributed by atoms with E-state index in [0.717, 1.165) is 5.56 Å². The number of fused-ring (bicyclic) bond motifs is 1. The lowest BCUT2D eigenvalue weighted by Crippen LogP contribution is -2.32. The molecule has 2 aromatic carbocycles. The zero-order valence-corrected chi connectivity index (χ0v) is 15.8. The van der Waals surface area contributed by atoms with E-state index in [9.17, 15) is 9.59 Å². The topological polar surface area (TPSA) is 90.2 Å². The molecule has 0 atom stereocenters. The summed E-state index contributed by atoms with van der Waals surface area (Å²) in [6, 6.07) is 12.1. The lowest BCUT2D eigenvalue weighted by molar-refractivity contribution is 0.0655. The summed E-state index contributed by atoms with van der Waals surface area (Å²) in [6.45, 7) is 0.530. The molecule has 9 heteroatoms. The molecule has 1 aliphatic heterocycles. The zero-order chi connectivity index (χ0) is 19.7. The Morgan fingerprint density at radius 3 is 2.46 bits per heavy atom. The standard InChI is InChI=1S/C19H16ClN5O3/c1-28-16-7-6-13(20)10-12(16)11-25-22-17(21-23-25)8-9-24-18(26)14-4-2-3-5-15(14)19(24)27/h2-7,10H,8-9,11H2,1H3. The molecule has 0 unspecified atom stereocenters. The van der Waals surface area contributed by atoms with Crippen molar-refractivity contribution in [2.75, 3.05) is 13.7 Å². The SMILES string of the molecule is COc1ccc(Cl)cc1Cn1nnc(CCN2C(=O)c3ccccc3C2=O)n1. The van der Waals surface area contributed by atoms with Gasteiger partial charge >= 0.3 is 0 Å².